The molecule has 0 aliphatic carbocycles. The highest BCUT2D eigenvalue weighted by molar-refractivity contribution is 5.81. The Kier molecular flexibility index (Phi) is 5.77. The van der Waals surface area contributed by atoms with Crippen LogP contribution in [0, 0.1) is 0 Å². The van der Waals surface area contributed by atoms with Crippen molar-refractivity contribution >= 4 is 5.91 Å². The third kappa shape index (κ3) is 4.61. The van der Waals surface area contributed by atoms with Crippen molar-refractivity contribution in [3.63, 3.8) is 0 Å². The second-order valence-electron chi connectivity index (χ2n) is 4.25. The molecule has 1 atom stereocenters. The lowest BCUT2D eigenvalue weighted by Gasteiger charge is -2.12. The molecule has 2 N–H and O–H groups in total. The highest BCUT2D eigenvalue weighted by atomic mass is 16.2. The maximum Gasteiger partial charge on any atom is 0.236 e. The normalized spacial score (nSPS) is 12.4. The minimum atomic E-state index is -0.149. The average Bonchev–Trinajstić information content (AvgIpc) is 2.74. The molecule has 17 heavy (non-hydrogen) atoms. The zero-order valence-corrected chi connectivity index (χ0v) is 11.0. The van der Waals surface area contributed by atoms with Crippen molar-refractivity contribution in [1.29, 1.82) is 0 Å². The molecule has 96 valence electrons. The van der Waals surface area contributed by atoms with Gasteiger partial charge in [-0.05, 0) is 31.9 Å². The van der Waals surface area contributed by atoms with Gasteiger partial charge in [0, 0.05) is 32.0 Å². The van der Waals surface area contributed by atoms with E-state index in [9.17, 15) is 4.79 Å². The van der Waals surface area contributed by atoms with Crippen molar-refractivity contribution in [2.75, 3.05) is 6.54 Å². The number of aromatic nitrogens is 1. The quantitative estimate of drug-likeness (QED) is 0.755. The third-order valence-electron chi connectivity index (χ3n) is 2.65. The van der Waals surface area contributed by atoms with E-state index in [0.717, 1.165) is 19.5 Å². The summed E-state index contributed by atoms with van der Waals surface area (Å²) in [4.78, 5) is 11.5. The van der Waals surface area contributed by atoms with E-state index in [4.69, 9.17) is 0 Å². The second kappa shape index (κ2) is 7.12. The van der Waals surface area contributed by atoms with Gasteiger partial charge < -0.3 is 15.2 Å². The summed E-state index contributed by atoms with van der Waals surface area (Å²) >= 11 is 0. The molecule has 0 fully saturated rings. The van der Waals surface area contributed by atoms with Crippen molar-refractivity contribution in [3.8, 4) is 0 Å². The van der Waals surface area contributed by atoms with E-state index in [1.165, 1.54) is 5.56 Å². The standard InChI is InChI=1S/C13H23N3O/c1-4-7-16-8-6-12(10-16)9-15-11(3)13(17)14-5-2/h6,8,10-11,15H,4-5,7,9H2,1-3H3,(H,14,17). The number of nitrogens with zero attached hydrogens (tertiary/aromatic N) is 1. The van der Waals surface area contributed by atoms with Gasteiger partial charge >= 0.3 is 0 Å². The first kappa shape index (κ1) is 13.8. The molecule has 1 aromatic heterocycles. The number of hydrogen-bond acceptors (Lipinski definition) is 2. The Morgan fingerprint density at radius 3 is 2.88 bits per heavy atom. The molecule has 4 nitrogen and oxygen atoms in total. The molecule has 0 aliphatic rings. The number of carbonyl (C=O) groups is 1. The number of hydrogen-bond donors (Lipinski definition) is 2. The molecule has 1 rings (SSSR count). The zero-order valence-electron chi connectivity index (χ0n) is 11.0. The van der Waals surface area contributed by atoms with E-state index in [-0.39, 0.29) is 11.9 Å². The molecule has 1 aromatic rings. The number of rotatable bonds is 7. The van der Waals surface area contributed by atoms with Crippen LogP contribution in [0.2, 0.25) is 0 Å². The Bertz CT molecular complexity index is 346. The number of nitrogens with one attached hydrogen (secondary N) is 2. The van der Waals surface area contributed by atoms with Crippen LogP contribution in [0.4, 0.5) is 0 Å². The van der Waals surface area contributed by atoms with Crippen molar-refractivity contribution < 1.29 is 4.79 Å². The number of amides is 1. The minimum Gasteiger partial charge on any atom is -0.355 e. The summed E-state index contributed by atoms with van der Waals surface area (Å²) in [6.45, 7) is 8.43. The third-order valence-corrected chi connectivity index (χ3v) is 2.65. The first-order valence-corrected chi connectivity index (χ1v) is 6.33. The maximum absolute atomic E-state index is 11.5. The second-order valence-corrected chi connectivity index (χ2v) is 4.25. The van der Waals surface area contributed by atoms with Gasteiger partial charge in [-0.1, -0.05) is 6.92 Å². The van der Waals surface area contributed by atoms with Crippen LogP contribution in [-0.2, 0) is 17.9 Å². The van der Waals surface area contributed by atoms with E-state index >= 15 is 0 Å². The predicted molar refractivity (Wildman–Crippen MR) is 69.7 cm³/mol. The molecule has 0 saturated carbocycles. The van der Waals surface area contributed by atoms with E-state index in [2.05, 4.69) is 40.6 Å². The minimum absolute atomic E-state index is 0.0560. The highest BCUT2D eigenvalue weighted by Gasteiger charge is 2.10. The van der Waals surface area contributed by atoms with Gasteiger partial charge in [0.2, 0.25) is 5.91 Å². The van der Waals surface area contributed by atoms with Gasteiger partial charge in [-0.3, -0.25) is 4.79 Å². The molecule has 0 spiro atoms. The topological polar surface area (TPSA) is 46.1 Å². The summed E-state index contributed by atoms with van der Waals surface area (Å²) in [5.41, 5.74) is 1.22. The molecule has 1 heterocycles. The van der Waals surface area contributed by atoms with Crippen molar-refractivity contribution in [3.05, 3.63) is 24.0 Å². The zero-order chi connectivity index (χ0) is 12.7. The summed E-state index contributed by atoms with van der Waals surface area (Å²) < 4.78 is 2.17. The molecular formula is C13H23N3O. The Hall–Kier alpha value is -1.29. The molecule has 1 unspecified atom stereocenters. The van der Waals surface area contributed by atoms with E-state index < -0.39 is 0 Å². The van der Waals surface area contributed by atoms with Gasteiger partial charge in [-0.15, -0.1) is 0 Å². The summed E-state index contributed by atoms with van der Waals surface area (Å²) in [5, 5.41) is 6.01. The van der Waals surface area contributed by atoms with Crippen LogP contribution >= 0.6 is 0 Å². The van der Waals surface area contributed by atoms with Gasteiger partial charge in [0.25, 0.3) is 0 Å². The summed E-state index contributed by atoms with van der Waals surface area (Å²) in [6.07, 6.45) is 5.34. The van der Waals surface area contributed by atoms with Crippen LogP contribution in [0.15, 0.2) is 18.5 Å². The van der Waals surface area contributed by atoms with Gasteiger partial charge in [0.1, 0.15) is 0 Å². The molecule has 0 saturated heterocycles. The van der Waals surface area contributed by atoms with Crippen LogP contribution in [0.5, 0.6) is 0 Å². The summed E-state index contributed by atoms with van der Waals surface area (Å²) in [6, 6.07) is 1.94. The fraction of sp³-hybridized carbons (Fsp3) is 0.615. The van der Waals surface area contributed by atoms with Crippen LogP contribution < -0.4 is 10.6 Å². The highest BCUT2D eigenvalue weighted by Crippen LogP contribution is 2.02. The fourth-order valence-corrected chi connectivity index (χ4v) is 1.68. The molecule has 0 radical (unpaired) electrons. The van der Waals surface area contributed by atoms with Crippen LogP contribution in [0.25, 0.3) is 0 Å². The number of carbonyl (C=O) groups excluding carboxylic acids is 1. The molecule has 0 aliphatic heterocycles. The van der Waals surface area contributed by atoms with E-state index in [0.29, 0.717) is 6.54 Å². The van der Waals surface area contributed by atoms with Crippen LogP contribution in [0.1, 0.15) is 32.8 Å². The number of aryl methyl sites for hydroxylation is 1. The average molecular weight is 237 g/mol. The molecule has 1 amide bonds. The van der Waals surface area contributed by atoms with Gasteiger partial charge in [0.15, 0.2) is 0 Å². The smallest absolute Gasteiger partial charge is 0.236 e. The first-order chi connectivity index (χ1) is 8.17. The van der Waals surface area contributed by atoms with Crippen LogP contribution in [-0.4, -0.2) is 23.1 Å². The van der Waals surface area contributed by atoms with Gasteiger partial charge in [-0.25, -0.2) is 0 Å². The van der Waals surface area contributed by atoms with Crippen LogP contribution in [0.3, 0.4) is 0 Å². The molecule has 0 bridgehead atoms. The maximum atomic E-state index is 11.5. The number of likely N-dealkylation sites (N-methyl/N-ethyl adjacent to an activating group) is 1. The van der Waals surface area contributed by atoms with Gasteiger partial charge in [0.05, 0.1) is 6.04 Å². The molecule has 0 aromatic carbocycles. The first-order valence-electron chi connectivity index (χ1n) is 6.33. The van der Waals surface area contributed by atoms with Crippen molar-refractivity contribution in [2.24, 2.45) is 0 Å². The largest absolute Gasteiger partial charge is 0.355 e. The SMILES string of the molecule is CCCn1ccc(CNC(C)C(=O)NCC)c1. The van der Waals surface area contributed by atoms with Crippen molar-refractivity contribution in [2.45, 2.75) is 46.3 Å². The predicted octanol–water partition coefficient (Wildman–Crippen LogP) is 1.51. The molecule has 4 heteroatoms. The van der Waals surface area contributed by atoms with E-state index in [1.807, 2.05) is 13.8 Å². The van der Waals surface area contributed by atoms with Crippen molar-refractivity contribution in [1.82, 2.24) is 15.2 Å². The Labute approximate surface area is 103 Å². The lowest BCUT2D eigenvalue weighted by Crippen LogP contribution is -2.41. The fourth-order valence-electron chi connectivity index (χ4n) is 1.68. The molecular weight excluding hydrogens is 214 g/mol. The van der Waals surface area contributed by atoms with Gasteiger partial charge in [-0.2, -0.15) is 0 Å². The summed E-state index contributed by atoms with van der Waals surface area (Å²) in [7, 11) is 0. The monoisotopic (exact) mass is 237 g/mol. The Balaban J connectivity index is 2.36. The summed E-state index contributed by atoms with van der Waals surface area (Å²) in [5.74, 6) is 0.0560. The lowest BCUT2D eigenvalue weighted by atomic mass is 10.2. The Morgan fingerprint density at radius 1 is 1.47 bits per heavy atom. The Morgan fingerprint density at radius 2 is 2.24 bits per heavy atom. The lowest BCUT2D eigenvalue weighted by molar-refractivity contribution is -0.122. The van der Waals surface area contributed by atoms with E-state index in [1.54, 1.807) is 0 Å².